The summed E-state index contributed by atoms with van der Waals surface area (Å²) in [6.07, 6.45) is 7.10. The standard InChI is InChI=1S/C11H10N2O/c1-8-4-5-10-12-6-3-7-13(10)11(8)9(2)14/h3-4,6-7H,1-2H3. The zero-order valence-electron chi connectivity index (χ0n) is 8.11. The molecule has 0 aromatic carbocycles. The Hall–Kier alpha value is -1.86. The Kier molecular flexibility index (Phi) is 1.95. The average Bonchev–Trinajstić information content (AvgIpc) is 2.17. The van der Waals surface area contributed by atoms with Crippen molar-refractivity contribution in [1.29, 1.82) is 0 Å². The summed E-state index contributed by atoms with van der Waals surface area (Å²) in [6.45, 7) is 3.45. The minimum atomic E-state index is 0.0412. The van der Waals surface area contributed by atoms with Crippen LogP contribution >= 0.6 is 0 Å². The van der Waals surface area contributed by atoms with Gasteiger partial charge in [-0.3, -0.25) is 9.69 Å². The molecule has 2 rings (SSSR count). The molecule has 0 N–H and O–H groups in total. The second kappa shape index (κ2) is 3.13. The van der Waals surface area contributed by atoms with E-state index in [-0.39, 0.29) is 5.78 Å². The molecule has 70 valence electrons. The Morgan fingerprint density at radius 1 is 1.57 bits per heavy atom. The summed E-state index contributed by atoms with van der Waals surface area (Å²) in [7, 11) is 0. The number of ketones is 1. The van der Waals surface area contributed by atoms with Gasteiger partial charge in [0.15, 0.2) is 11.6 Å². The number of aliphatic imine (C=N–C) groups is 1. The van der Waals surface area contributed by atoms with Crippen LogP contribution in [0.1, 0.15) is 13.8 Å². The molecule has 0 aromatic rings. The van der Waals surface area contributed by atoms with Gasteiger partial charge in [0.25, 0.3) is 0 Å². The molecule has 0 atom stereocenters. The highest BCUT2D eigenvalue weighted by Crippen LogP contribution is 2.24. The lowest BCUT2D eigenvalue weighted by Gasteiger charge is -2.25. The Labute approximate surface area is 82.4 Å². The highest BCUT2D eigenvalue weighted by Gasteiger charge is 2.20. The summed E-state index contributed by atoms with van der Waals surface area (Å²) in [4.78, 5) is 17.3. The van der Waals surface area contributed by atoms with E-state index in [1.165, 1.54) is 0 Å². The van der Waals surface area contributed by atoms with E-state index in [1.54, 1.807) is 30.2 Å². The highest BCUT2D eigenvalue weighted by atomic mass is 16.1. The number of carbonyl (C=O) groups excluding carboxylic acids is 1. The Bertz CT molecular complexity index is 446. The summed E-state index contributed by atoms with van der Waals surface area (Å²) in [5.74, 6) is 0.711. The fourth-order valence-corrected chi connectivity index (χ4v) is 1.54. The van der Waals surface area contributed by atoms with Gasteiger partial charge in [-0.1, -0.05) is 5.73 Å². The zero-order chi connectivity index (χ0) is 10.1. The summed E-state index contributed by atoms with van der Waals surface area (Å²) < 4.78 is 0. The fourth-order valence-electron chi connectivity index (χ4n) is 1.54. The molecule has 2 heterocycles. The van der Waals surface area contributed by atoms with Crippen LogP contribution in [-0.4, -0.2) is 16.9 Å². The van der Waals surface area contributed by atoms with Crippen LogP contribution < -0.4 is 0 Å². The molecule has 14 heavy (non-hydrogen) atoms. The second-order valence-corrected chi connectivity index (χ2v) is 3.19. The van der Waals surface area contributed by atoms with Crippen molar-refractivity contribution in [2.24, 2.45) is 4.99 Å². The molecule has 0 radical (unpaired) electrons. The molecular formula is C11H10N2O. The van der Waals surface area contributed by atoms with Crippen LogP contribution in [0.3, 0.4) is 0 Å². The van der Waals surface area contributed by atoms with Crippen LogP contribution in [0.5, 0.6) is 0 Å². The molecule has 0 aromatic heterocycles. The third kappa shape index (κ3) is 1.24. The van der Waals surface area contributed by atoms with Crippen LogP contribution in [0.4, 0.5) is 0 Å². The van der Waals surface area contributed by atoms with Gasteiger partial charge in [-0.2, -0.15) is 0 Å². The van der Waals surface area contributed by atoms with Gasteiger partial charge in [0.2, 0.25) is 0 Å². The van der Waals surface area contributed by atoms with E-state index in [2.05, 4.69) is 10.7 Å². The van der Waals surface area contributed by atoms with Gasteiger partial charge in [0.05, 0.1) is 5.70 Å². The SMILES string of the molecule is CC(=O)C1=C(C)C=C=C2N=CC=CN21. The normalized spacial score (nSPS) is 18.4. The first-order chi connectivity index (χ1) is 6.70. The predicted octanol–water partition coefficient (Wildman–Crippen LogP) is 1.76. The maximum atomic E-state index is 11.4. The fraction of sp³-hybridized carbons (Fsp3) is 0.182. The Morgan fingerprint density at radius 3 is 3.07 bits per heavy atom. The molecule has 0 amide bonds. The zero-order valence-corrected chi connectivity index (χ0v) is 8.11. The van der Waals surface area contributed by atoms with E-state index in [0.29, 0.717) is 11.5 Å². The lowest BCUT2D eigenvalue weighted by atomic mass is 10.1. The molecule has 2 aliphatic rings. The van der Waals surface area contributed by atoms with Gasteiger partial charge < -0.3 is 0 Å². The number of Topliss-reactive ketones (excluding diaryl/α,β-unsaturated/α-hetero) is 1. The first-order valence-corrected chi connectivity index (χ1v) is 4.39. The van der Waals surface area contributed by atoms with Crippen LogP contribution in [0.25, 0.3) is 0 Å². The highest BCUT2D eigenvalue weighted by molar-refractivity contribution is 5.95. The van der Waals surface area contributed by atoms with Crippen molar-refractivity contribution in [2.45, 2.75) is 13.8 Å². The van der Waals surface area contributed by atoms with E-state index in [0.717, 1.165) is 5.57 Å². The molecule has 3 nitrogen and oxygen atoms in total. The second-order valence-electron chi connectivity index (χ2n) is 3.19. The van der Waals surface area contributed by atoms with Gasteiger partial charge >= 0.3 is 0 Å². The molecule has 0 saturated carbocycles. The quantitative estimate of drug-likeness (QED) is 0.584. The molecule has 0 saturated heterocycles. The van der Waals surface area contributed by atoms with E-state index in [1.807, 2.05) is 13.1 Å². The summed E-state index contributed by atoms with van der Waals surface area (Å²) >= 11 is 0. The smallest absolute Gasteiger partial charge is 0.182 e. The van der Waals surface area contributed by atoms with Crippen molar-refractivity contribution >= 4 is 12.0 Å². The van der Waals surface area contributed by atoms with E-state index in [9.17, 15) is 4.79 Å². The molecule has 0 aliphatic carbocycles. The van der Waals surface area contributed by atoms with E-state index >= 15 is 0 Å². The molecule has 3 heteroatoms. The van der Waals surface area contributed by atoms with Gasteiger partial charge in [-0.15, -0.1) is 0 Å². The minimum absolute atomic E-state index is 0.0412. The van der Waals surface area contributed by atoms with Crippen LogP contribution in [-0.2, 0) is 4.79 Å². The minimum Gasteiger partial charge on any atom is -0.293 e. The van der Waals surface area contributed by atoms with Crippen molar-refractivity contribution < 1.29 is 4.79 Å². The van der Waals surface area contributed by atoms with Crippen molar-refractivity contribution in [3.63, 3.8) is 0 Å². The van der Waals surface area contributed by atoms with Gasteiger partial charge in [0.1, 0.15) is 0 Å². The van der Waals surface area contributed by atoms with E-state index in [4.69, 9.17) is 0 Å². The van der Waals surface area contributed by atoms with E-state index < -0.39 is 0 Å². The third-order valence-corrected chi connectivity index (χ3v) is 2.11. The Morgan fingerprint density at radius 2 is 2.36 bits per heavy atom. The number of hydrogen-bond acceptors (Lipinski definition) is 3. The monoisotopic (exact) mass is 186 g/mol. The van der Waals surface area contributed by atoms with Crippen LogP contribution in [0.2, 0.25) is 0 Å². The first-order valence-electron chi connectivity index (χ1n) is 4.39. The number of hydrogen-bond donors (Lipinski definition) is 0. The Balaban J connectivity index is 2.55. The molecule has 0 spiro atoms. The lowest BCUT2D eigenvalue weighted by molar-refractivity contribution is -0.114. The predicted molar refractivity (Wildman–Crippen MR) is 54.4 cm³/mol. The van der Waals surface area contributed by atoms with Crippen molar-refractivity contribution in [3.8, 4) is 0 Å². The molecule has 0 unspecified atom stereocenters. The maximum absolute atomic E-state index is 11.4. The molecule has 2 aliphatic heterocycles. The first kappa shape index (κ1) is 8.73. The number of allylic oxidation sites excluding steroid dienone is 4. The summed E-state index contributed by atoms with van der Waals surface area (Å²) in [5.41, 5.74) is 4.61. The number of fused-ring (bicyclic) bond motifs is 1. The number of carbonyl (C=O) groups is 1. The topological polar surface area (TPSA) is 32.7 Å². The summed E-state index contributed by atoms with van der Waals surface area (Å²) in [5, 5.41) is 0. The number of rotatable bonds is 1. The molecule has 0 fully saturated rings. The summed E-state index contributed by atoms with van der Waals surface area (Å²) in [6, 6.07) is 0. The van der Waals surface area contributed by atoms with Crippen LogP contribution in [0.15, 0.2) is 46.2 Å². The molecule has 0 bridgehead atoms. The van der Waals surface area contributed by atoms with Gasteiger partial charge in [-0.05, 0) is 24.6 Å². The molecular weight excluding hydrogens is 176 g/mol. The van der Waals surface area contributed by atoms with Gasteiger partial charge in [0, 0.05) is 19.3 Å². The van der Waals surface area contributed by atoms with Crippen molar-refractivity contribution in [1.82, 2.24) is 4.90 Å². The third-order valence-electron chi connectivity index (χ3n) is 2.11. The van der Waals surface area contributed by atoms with Crippen molar-refractivity contribution in [2.75, 3.05) is 0 Å². The lowest BCUT2D eigenvalue weighted by Crippen LogP contribution is -2.24. The van der Waals surface area contributed by atoms with Crippen LogP contribution in [0, 0.1) is 0 Å². The maximum Gasteiger partial charge on any atom is 0.182 e. The van der Waals surface area contributed by atoms with Gasteiger partial charge in [-0.25, -0.2) is 4.99 Å². The number of nitrogens with zero attached hydrogens (tertiary/aromatic N) is 2. The van der Waals surface area contributed by atoms with Crippen molar-refractivity contribution in [3.05, 3.63) is 41.2 Å². The average molecular weight is 186 g/mol. The largest absolute Gasteiger partial charge is 0.293 e.